The summed E-state index contributed by atoms with van der Waals surface area (Å²) in [5.41, 5.74) is 1.91. The molecule has 2 amide bonds. The van der Waals surface area contributed by atoms with Crippen LogP contribution in [-0.2, 0) is 6.54 Å². The summed E-state index contributed by atoms with van der Waals surface area (Å²) in [6.07, 6.45) is 1.40. The summed E-state index contributed by atoms with van der Waals surface area (Å²) >= 11 is 0. The summed E-state index contributed by atoms with van der Waals surface area (Å²) < 4.78 is 0. The van der Waals surface area contributed by atoms with Crippen molar-refractivity contribution >= 4 is 11.7 Å². The molecule has 0 aliphatic heterocycles. The molecule has 0 fully saturated rings. The number of amides is 2. The molecule has 0 saturated carbocycles. The van der Waals surface area contributed by atoms with Crippen molar-refractivity contribution in [2.24, 2.45) is 0 Å². The Kier molecular flexibility index (Phi) is 4.67. The maximum absolute atomic E-state index is 11.7. The number of hydrogen-bond donors (Lipinski definition) is 4. The summed E-state index contributed by atoms with van der Waals surface area (Å²) in [5, 5.41) is 15.0. The number of H-pyrrole nitrogens is 1. The van der Waals surface area contributed by atoms with Crippen molar-refractivity contribution in [3.63, 3.8) is 0 Å². The molecule has 1 aromatic heterocycles. The molecule has 1 heterocycles. The van der Waals surface area contributed by atoms with Gasteiger partial charge in [0.25, 0.3) is 0 Å². The van der Waals surface area contributed by atoms with E-state index in [0.717, 1.165) is 5.69 Å². The van der Waals surface area contributed by atoms with Gasteiger partial charge < -0.3 is 16.0 Å². The molecular formula is C13H18N6O. The Morgan fingerprint density at radius 1 is 1.35 bits per heavy atom. The van der Waals surface area contributed by atoms with Crippen LogP contribution in [0.2, 0.25) is 0 Å². The Labute approximate surface area is 117 Å². The van der Waals surface area contributed by atoms with Gasteiger partial charge in [0.15, 0.2) is 0 Å². The summed E-state index contributed by atoms with van der Waals surface area (Å²) in [6, 6.07) is 7.70. The van der Waals surface area contributed by atoms with Crippen LogP contribution in [0.5, 0.6) is 0 Å². The average molecular weight is 274 g/mol. The smallest absolute Gasteiger partial charge is 0.319 e. The fourth-order valence-corrected chi connectivity index (χ4v) is 1.68. The van der Waals surface area contributed by atoms with Gasteiger partial charge in [0, 0.05) is 11.7 Å². The highest BCUT2D eigenvalue weighted by Crippen LogP contribution is 2.15. The molecule has 0 aliphatic rings. The molecule has 4 N–H and O–H groups in total. The molecule has 7 nitrogen and oxygen atoms in total. The van der Waals surface area contributed by atoms with E-state index >= 15 is 0 Å². The molecule has 0 radical (unpaired) electrons. The maximum Gasteiger partial charge on any atom is 0.319 e. The van der Waals surface area contributed by atoms with E-state index in [4.69, 9.17) is 0 Å². The Hall–Kier alpha value is -2.41. The van der Waals surface area contributed by atoms with E-state index in [1.807, 2.05) is 31.3 Å². The number of rotatable bonds is 5. The van der Waals surface area contributed by atoms with E-state index in [2.05, 4.69) is 38.1 Å². The topological polar surface area (TPSA) is 94.7 Å². The van der Waals surface area contributed by atoms with Crippen molar-refractivity contribution in [3.05, 3.63) is 42.0 Å². The number of hydrogen-bond acceptors (Lipinski definition) is 4. The zero-order chi connectivity index (χ0) is 14.4. The lowest BCUT2D eigenvalue weighted by Crippen LogP contribution is -2.28. The molecule has 7 heteroatoms. The first-order valence-corrected chi connectivity index (χ1v) is 6.35. The predicted octanol–water partition coefficient (Wildman–Crippen LogP) is 1.41. The minimum Gasteiger partial charge on any atom is -0.331 e. The van der Waals surface area contributed by atoms with Gasteiger partial charge >= 0.3 is 6.03 Å². The van der Waals surface area contributed by atoms with E-state index < -0.39 is 0 Å². The van der Waals surface area contributed by atoms with E-state index in [1.54, 1.807) is 0 Å². The highest BCUT2D eigenvalue weighted by molar-refractivity contribution is 5.89. The van der Waals surface area contributed by atoms with Crippen LogP contribution in [0.1, 0.15) is 24.4 Å². The second kappa shape index (κ2) is 6.67. The van der Waals surface area contributed by atoms with Gasteiger partial charge in [0.1, 0.15) is 12.2 Å². The van der Waals surface area contributed by atoms with Crippen molar-refractivity contribution in [1.82, 2.24) is 25.8 Å². The average Bonchev–Trinajstić information content (AvgIpc) is 2.98. The van der Waals surface area contributed by atoms with Crippen LogP contribution in [0.3, 0.4) is 0 Å². The van der Waals surface area contributed by atoms with Gasteiger partial charge in [-0.3, -0.25) is 5.10 Å². The lowest BCUT2D eigenvalue weighted by Gasteiger charge is -2.11. The van der Waals surface area contributed by atoms with Crippen LogP contribution >= 0.6 is 0 Å². The third-order valence-electron chi connectivity index (χ3n) is 2.98. The second-order valence-electron chi connectivity index (χ2n) is 4.37. The van der Waals surface area contributed by atoms with Gasteiger partial charge in [-0.2, -0.15) is 5.10 Å². The fourth-order valence-electron chi connectivity index (χ4n) is 1.68. The standard InChI is InChI=1S/C13H18N6O/c1-9(14-2)10-3-5-11(6-4-10)18-13(20)15-7-12-16-8-17-19-12/h3-6,8-9,14H,7H2,1-2H3,(H2,15,18,20)(H,16,17,19). The first-order valence-electron chi connectivity index (χ1n) is 6.35. The first-order chi connectivity index (χ1) is 9.69. The number of anilines is 1. The number of nitrogens with zero attached hydrogens (tertiary/aromatic N) is 2. The number of aromatic amines is 1. The van der Waals surface area contributed by atoms with Gasteiger partial charge in [-0.25, -0.2) is 9.78 Å². The first kappa shape index (κ1) is 14.0. The molecule has 0 spiro atoms. The molecular weight excluding hydrogens is 256 g/mol. The second-order valence-corrected chi connectivity index (χ2v) is 4.37. The van der Waals surface area contributed by atoms with Crippen LogP contribution in [0.4, 0.5) is 10.5 Å². The van der Waals surface area contributed by atoms with Gasteiger partial charge in [0.2, 0.25) is 0 Å². The van der Waals surface area contributed by atoms with Crippen molar-refractivity contribution < 1.29 is 4.79 Å². The third-order valence-corrected chi connectivity index (χ3v) is 2.98. The molecule has 2 aromatic rings. The van der Waals surface area contributed by atoms with E-state index in [1.165, 1.54) is 11.9 Å². The van der Waals surface area contributed by atoms with Gasteiger partial charge in [-0.15, -0.1) is 0 Å². The van der Waals surface area contributed by atoms with Crippen molar-refractivity contribution in [2.45, 2.75) is 19.5 Å². The molecule has 106 valence electrons. The molecule has 1 atom stereocenters. The van der Waals surface area contributed by atoms with Gasteiger partial charge in [0.05, 0.1) is 6.54 Å². The van der Waals surface area contributed by atoms with Crippen molar-refractivity contribution in [2.75, 3.05) is 12.4 Å². The minimum atomic E-state index is -0.282. The molecule has 2 rings (SSSR count). The van der Waals surface area contributed by atoms with Crippen LogP contribution in [0.15, 0.2) is 30.6 Å². The number of aromatic nitrogens is 3. The Morgan fingerprint density at radius 3 is 2.70 bits per heavy atom. The number of carbonyl (C=O) groups is 1. The molecule has 1 aromatic carbocycles. The number of carbonyl (C=O) groups excluding carboxylic acids is 1. The summed E-state index contributed by atoms with van der Waals surface area (Å²) in [6.45, 7) is 2.38. The molecule has 0 bridgehead atoms. The zero-order valence-electron chi connectivity index (χ0n) is 11.5. The zero-order valence-corrected chi connectivity index (χ0v) is 11.5. The van der Waals surface area contributed by atoms with Crippen LogP contribution in [-0.4, -0.2) is 28.3 Å². The fraction of sp³-hybridized carbons (Fsp3) is 0.308. The largest absolute Gasteiger partial charge is 0.331 e. The van der Waals surface area contributed by atoms with Crippen LogP contribution in [0.25, 0.3) is 0 Å². The lowest BCUT2D eigenvalue weighted by molar-refractivity contribution is 0.251. The van der Waals surface area contributed by atoms with Gasteiger partial charge in [-0.1, -0.05) is 12.1 Å². The van der Waals surface area contributed by atoms with Crippen LogP contribution in [0, 0.1) is 0 Å². The maximum atomic E-state index is 11.7. The normalized spacial score (nSPS) is 11.9. The number of urea groups is 1. The van der Waals surface area contributed by atoms with E-state index in [-0.39, 0.29) is 12.1 Å². The SMILES string of the molecule is CNC(C)c1ccc(NC(=O)NCc2ncn[nH]2)cc1. The number of benzene rings is 1. The molecule has 0 saturated heterocycles. The monoisotopic (exact) mass is 274 g/mol. The van der Waals surface area contributed by atoms with E-state index in [0.29, 0.717) is 12.4 Å². The Balaban J connectivity index is 1.84. The third kappa shape index (κ3) is 3.79. The predicted molar refractivity (Wildman–Crippen MR) is 76.2 cm³/mol. The van der Waals surface area contributed by atoms with Crippen molar-refractivity contribution in [1.29, 1.82) is 0 Å². The minimum absolute atomic E-state index is 0.282. The van der Waals surface area contributed by atoms with Gasteiger partial charge in [-0.05, 0) is 31.7 Å². The summed E-state index contributed by atoms with van der Waals surface area (Å²) in [5.74, 6) is 0.610. The Morgan fingerprint density at radius 2 is 2.10 bits per heavy atom. The quantitative estimate of drug-likeness (QED) is 0.663. The summed E-state index contributed by atoms with van der Waals surface area (Å²) in [7, 11) is 1.91. The van der Waals surface area contributed by atoms with E-state index in [9.17, 15) is 4.79 Å². The Bertz CT molecular complexity index is 536. The molecule has 0 aliphatic carbocycles. The highest BCUT2D eigenvalue weighted by atomic mass is 16.2. The van der Waals surface area contributed by atoms with Crippen LogP contribution < -0.4 is 16.0 Å². The number of nitrogens with one attached hydrogen (secondary N) is 4. The highest BCUT2D eigenvalue weighted by Gasteiger charge is 2.05. The van der Waals surface area contributed by atoms with Crippen molar-refractivity contribution in [3.8, 4) is 0 Å². The lowest BCUT2D eigenvalue weighted by atomic mass is 10.1. The summed E-state index contributed by atoms with van der Waals surface area (Å²) in [4.78, 5) is 15.6. The molecule has 1 unspecified atom stereocenters. The molecule has 20 heavy (non-hydrogen) atoms.